The van der Waals surface area contributed by atoms with Crippen LogP contribution in [0.2, 0.25) is 0 Å². The van der Waals surface area contributed by atoms with Gasteiger partial charge in [-0.3, -0.25) is 4.79 Å². The van der Waals surface area contributed by atoms with Gasteiger partial charge in [-0.1, -0.05) is 12.1 Å². The molecule has 0 aliphatic heterocycles. The molecular weight excluding hydrogens is 330 g/mol. The number of methoxy groups -OCH3 is 1. The Hall–Kier alpha value is -2.69. The topological polar surface area (TPSA) is 56.8 Å². The lowest BCUT2D eigenvalue weighted by molar-refractivity contribution is 0.0952. The molecule has 5 heteroatoms. The minimum Gasteiger partial charge on any atom is -0.497 e. The second-order valence-electron chi connectivity index (χ2n) is 5.74. The molecule has 5 nitrogen and oxygen atoms in total. The maximum atomic E-state index is 12.3. The number of hydrogen-bond acceptors (Lipinski definition) is 4. The number of hydrogen-bond donors (Lipinski definition) is 1. The van der Waals surface area contributed by atoms with Gasteiger partial charge in [0.25, 0.3) is 5.91 Å². The van der Waals surface area contributed by atoms with Gasteiger partial charge in [-0.2, -0.15) is 0 Å². The van der Waals surface area contributed by atoms with E-state index in [2.05, 4.69) is 5.32 Å². The summed E-state index contributed by atoms with van der Waals surface area (Å²) in [4.78, 5) is 12.3. The summed E-state index contributed by atoms with van der Waals surface area (Å²) >= 11 is 0. The Kier molecular flexibility index (Phi) is 7.80. The number of amides is 1. The first kappa shape index (κ1) is 19.6. The lowest BCUT2D eigenvalue weighted by Crippen LogP contribution is -2.24. The minimum atomic E-state index is -0.108. The van der Waals surface area contributed by atoms with Crippen LogP contribution in [0, 0.1) is 0 Å². The van der Waals surface area contributed by atoms with Gasteiger partial charge in [0.1, 0.15) is 5.75 Å². The van der Waals surface area contributed by atoms with Gasteiger partial charge in [0.2, 0.25) is 0 Å². The number of ether oxygens (including phenoxy) is 3. The van der Waals surface area contributed by atoms with Crippen LogP contribution in [0.4, 0.5) is 0 Å². The lowest BCUT2D eigenvalue weighted by atomic mass is 10.1. The van der Waals surface area contributed by atoms with E-state index in [1.165, 1.54) is 5.56 Å². The molecule has 2 rings (SSSR count). The van der Waals surface area contributed by atoms with Crippen LogP contribution in [-0.4, -0.2) is 32.8 Å². The van der Waals surface area contributed by atoms with E-state index >= 15 is 0 Å². The lowest BCUT2D eigenvalue weighted by Gasteiger charge is -2.12. The first-order chi connectivity index (χ1) is 12.7. The summed E-state index contributed by atoms with van der Waals surface area (Å²) in [6.07, 6.45) is 1.77. The number of aryl methyl sites for hydroxylation is 1. The van der Waals surface area contributed by atoms with E-state index in [1.807, 2.05) is 38.1 Å². The van der Waals surface area contributed by atoms with Crippen molar-refractivity contribution in [3.05, 3.63) is 53.6 Å². The van der Waals surface area contributed by atoms with Crippen LogP contribution in [0.15, 0.2) is 42.5 Å². The van der Waals surface area contributed by atoms with Crippen LogP contribution in [0.5, 0.6) is 17.2 Å². The van der Waals surface area contributed by atoms with Crippen LogP contribution in [0.25, 0.3) is 0 Å². The van der Waals surface area contributed by atoms with Crippen molar-refractivity contribution in [3.63, 3.8) is 0 Å². The second-order valence-corrected chi connectivity index (χ2v) is 5.74. The molecule has 140 valence electrons. The normalized spacial score (nSPS) is 10.3. The van der Waals surface area contributed by atoms with Crippen LogP contribution in [0.3, 0.4) is 0 Å². The third-order valence-corrected chi connectivity index (χ3v) is 3.89. The van der Waals surface area contributed by atoms with E-state index < -0.39 is 0 Å². The van der Waals surface area contributed by atoms with Crippen LogP contribution in [0.1, 0.15) is 36.2 Å². The zero-order valence-corrected chi connectivity index (χ0v) is 15.7. The summed E-state index contributed by atoms with van der Waals surface area (Å²) in [6, 6.07) is 13.2. The third-order valence-electron chi connectivity index (χ3n) is 3.89. The number of carbonyl (C=O) groups excluding carboxylic acids is 1. The van der Waals surface area contributed by atoms with Crippen molar-refractivity contribution in [1.82, 2.24) is 5.32 Å². The van der Waals surface area contributed by atoms with Gasteiger partial charge in [0.05, 0.1) is 20.3 Å². The van der Waals surface area contributed by atoms with Crippen LogP contribution in [-0.2, 0) is 6.42 Å². The van der Waals surface area contributed by atoms with E-state index in [9.17, 15) is 4.79 Å². The number of nitrogens with one attached hydrogen (secondary N) is 1. The summed E-state index contributed by atoms with van der Waals surface area (Å²) < 4.78 is 16.2. The Bertz CT molecular complexity index is 698. The fourth-order valence-corrected chi connectivity index (χ4v) is 2.58. The quantitative estimate of drug-likeness (QED) is 0.656. The van der Waals surface area contributed by atoms with E-state index in [4.69, 9.17) is 14.2 Å². The van der Waals surface area contributed by atoms with Crippen molar-refractivity contribution in [2.24, 2.45) is 0 Å². The molecule has 1 N–H and O–H groups in total. The summed E-state index contributed by atoms with van der Waals surface area (Å²) in [6.45, 7) is 5.51. The molecule has 0 radical (unpaired) electrons. The molecule has 0 fully saturated rings. The SMILES string of the molecule is CCOc1ccc(C(=O)NCCCc2ccc(OC)cc2)cc1OCC. The Morgan fingerprint density at radius 3 is 2.31 bits per heavy atom. The van der Waals surface area contributed by atoms with Crippen molar-refractivity contribution in [2.45, 2.75) is 26.7 Å². The Morgan fingerprint density at radius 1 is 0.962 bits per heavy atom. The van der Waals surface area contributed by atoms with Crippen LogP contribution >= 0.6 is 0 Å². The molecule has 2 aromatic rings. The number of carbonyl (C=O) groups is 1. The third kappa shape index (κ3) is 5.69. The highest BCUT2D eigenvalue weighted by Gasteiger charge is 2.11. The summed E-state index contributed by atoms with van der Waals surface area (Å²) in [5.41, 5.74) is 1.79. The molecule has 0 saturated carbocycles. The van der Waals surface area contributed by atoms with Gasteiger partial charge in [-0.15, -0.1) is 0 Å². The molecule has 0 aliphatic carbocycles. The first-order valence-corrected chi connectivity index (χ1v) is 8.98. The minimum absolute atomic E-state index is 0.108. The largest absolute Gasteiger partial charge is 0.497 e. The monoisotopic (exact) mass is 357 g/mol. The molecule has 0 heterocycles. The molecule has 0 aliphatic rings. The molecule has 0 spiro atoms. The predicted molar refractivity (Wildman–Crippen MR) is 102 cm³/mol. The Morgan fingerprint density at radius 2 is 1.65 bits per heavy atom. The Balaban J connectivity index is 1.85. The first-order valence-electron chi connectivity index (χ1n) is 8.98. The molecule has 0 bridgehead atoms. The van der Waals surface area contributed by atoms with Crippen molar-refractivity contribution in [2.75, 3.05) is 26.9 Å². The van der Waals surface area contributed by atoms with Crippen molar-refractivity contribution >= 4 is 5.91 Å². The highest BCUT2D eigenvalue weighted by molar-refractivity contribution is 5.94. The van der Waals surface area contributed by atoms with Gasteiger partial charge < -0.3 is 19.5 Å². The summed E-state index contributed by atoms with van der Waals surface area (Å²) in [7, 11) is 1.66. The number of rotatable bonds is 10. The molecule has 2 aromatic carbocycles. The van der Waals surface area contributed by atoms with E-state index in [1.54, 1.807) is 25.3 Å². The van der Waals surface area contributed by atoms with E-state index in [-0.39, 0.29) is 5.91 Å². The van der Waals surface area contributed by atoms with Gasteiger partial charge in [-0.25, -0.2) is 0 Å². The molecule has 0 saturated heterocycles. The highest BCUT2D eigenvalue weighted by Crippen LogP contribution is 2.28. The molecule has 1 amide bonds. The fourth-order valence-electron chi connectivity index (χ4n) is 2.58. The average molecular weight is 357 g/mol. The highest BCUT2D eigenvalue weighted by atomic mass is 16.5. The molecular formula is C21H27NO4. The van der Waals surface area contributed by atoms with E-state index in [0.717, 1.165) is 18.6 Å². The number of benzene rings is 2. The molecule has 0 unspecified atom stereocenters. The van der Waals surface area contributed by atoms with Crippen LogP contribution < -0.4 is 19.5 Å². The zero-order chi connectivity index (χ0) is 18.8. The van der Waals surface area contributed by atoms with Gasteiger partial charge in [-0.05, 0) is 62.6 Å². The second kappa shape index (κ2) is 10.3. The zero-order valence-electron chi connectivity index (χ0n) is 15.7. The predicted octanol–water partition coefficient (Wildman–Crippen LogP) is 3.86. The molecule has 0 aromatic heterocycles. The van der Waals surface area contributed by atoms with Gasteiger partial charge in [0.15, 0.2) is 11.5 Å². The summed E-state index contributed by atoms with van der Waals surface area (Å²) in [5.74, 6) is 2.00. The average Bonchev–Trinajstić information content (AvgIpc) is 2.67. The van der Waals surface area contributed by atoms with Gasteiger partial charge >= 0.3 is 0 Å². The maximum Gasteiger partial charge on any atom is 0.251 e. The molecule has 26 heavy (non-hydrogen) atoms. The van der Waals surface area contributed by atoms with Crippen molar-refractivity contribution in [3.8, 4) is 17.2 Å². The van der Waals surface area contributed by atoms with Crippen molar-refractivity contribution < 1.29 is 19.0 Å². The Labute approximate surface area is 155 Å². The summed E-state index contributed by atoms with van der Waals surface area (Å²) in [5, 5.41) is 2.95. The standard InChI is InChI=1S/C21H27NO4/c1-4-25-19-13-10-17(15-20(19)26-5-2)21(23)22-14-6-7-16-8-11-18(24-3)12-9-16/h8-13,15H,4-7,14H2,1-3H3,(H,22,23). The smallest absolute Gasteiger partial charge is 0.251 e. The maximum absolute atomic E-state index is 12.3. The van der Waals surface area contributed by atoms with Crippen molar-refractivity contribution in [1.29, 1.82) is 0 Å². The van der Waals surface area contributed by atoms with Gasteiger partial charge in [0, 0.05) is 12.1 Å². The van der Waals surface area contributed by atoms with E-state index in [0.29, 0.717) is 36.8 Å². The molecule has 0 atom stereocenters. The fraction of sp³-hybridized carbons (Fsp3) is 0.381.